The van der Waals surface area contributed by atoms with Crippen molar-refractivity contribution in [2.45, 2.75) is 19.8 Å². The normalized spacial score (nSPS) is 13.8. The first-order valence-electron chi connectivity index (χ1n) is 8.53. The van der Waals surface area contributed by atoms with Crippen LogP contribution in [0, 0.1) is 18.7 Å². The molecule has 0 bridgehead atoms. The number of hydrogen-bond acceptors (Lipinski definition) is 5. The van der Waals surface area contributed by atoms with E-state index in [1.165, 1.54) is 6.20 Å². The summed E-state index contributed by atoms with van der Waals surface area (Å²) in [5.74, 6) is 0.0116. The van der Waals surface area contributed by atoms with Crippen LogP contribution in [0.3, 0.4) is 0 Å². The summed E-state index contributed by atoms with van der Waals surface area (Å²) < 4.78 is 14.8. The van der Waals surface area contributed by atoms with Gasteiger partial charge in [-0.1, -0.05) is 17.4 Å². The van der Waals surface area contributed by atoms with E-state index < -0.39 is 0 Å². The molecule has 1 aromatic carbocycles. The first-order chi connectivity index (χ1) is 12.5. The van der Waals surface area contributed by atoms with E-state index in [4.69, 9.17) is 0 Å². The molecule has 7 heteroatoms. The average molecular weight is 370 g/mol. The molecule has 134 valence electrons. The maximum Gasteiger partial charge on any atom is 0.224 e. The number of pyridine rings is 1. The van der Waals surface area contributed by atoms with Gasteiger partial charge in [-0.3, -0.25) is 9.78 Å². The Labute approximate surface area is 154 Å². The van der Waals surface area contributed by atoms with Crippen molar-refractivity contribution in [3.63, 3.8) is 0 Å². The quantitative estimate of drug-likeness (QED) is 0.696. The lowest BCUT2D eigenvalue weighted by Gasteiger charge is -2.16. The van der Waals surface area contributed by atoms with Crippen molar-refractivity contribution in [1.29, 1.82) is 0 Å². The highest BCUT2D eigenvalue weighted by atomic mass is 32.1. The van der Waals surface area contributed by atoms with Gasteiger partial charge in [0.1, 0.15) is 5.82 Å². The number of fused-ring (bicyclic) bond motifs is 1. The van der Waals surface area contributed by atoms with Crippen LogP contribution in [0.4, 0.5) is 9.52 Å². The molecule has 3 aromatic rings. The number of amides is 1. The van der Waals surface area contributed by atoms with Crippen LogP contribution < -0.4 is 10.2 Å². The number of nitrogens with one attached hydrogen (secondary N) is 1. The van der Waals surface area contributed by atoms with Gasteiger partial charge in [0.15, 0.2) is 5.13 Å². The number of nitrogens with zero attached hydrogens (tertiary/aromatic N) is 3. The topological polar surface area (TPSA) is 58.1 Å². The van der Waals surface area contributed by atoms with Gasteiger partial charge in [-0.2, -0.15) is 0 Å². The van der Waals surface area contributed by atoms with E-state index in [2.05, 4.69) is 15.3 Å². The number of hydrogen-bond donors (Lipinski definition) is 1. The van der Waals surface area contributed by atoms with Crippen LogP contribution in [-0.4, -0.2) is 29.6 Å². The van der Waals surface area contributed by atoms with Crippen LogP contribution in [0.2, 0.25) is 0 Å². The predicted octanol–water partition coefficient (Wildman–Crippen LogP) is 3.73. The Morgan fingerprint density at radius 3 is 2.96 bits per heavy atom. The molecule has 1 aliphatic carbocycles. The van der Waals surface area contributed by atoms with Crippen LogP contribution in [0.5, 0.6) is 0 Å². The van der Waals surface area contributed by atoms with Crippen LogP contribution in [0.15, 0.2) is 30.6 Å². The van der Waals surface area contributed by atoms with E-state index in [0.717, 1.165) is 39.3 Å². The molecule has 1 saturated carbocycles. The molecule has 2 aromatic heterocycles. The SMILES string of the molecule is Cc1c(F)cncc1-c1ccc2nc(N(C)CNC(=O)C3CC3)sc2c1. The number of halogens is 1. The van der Waals surface area contributed by atoms with Gasteiger partial charge < -0.3 is 10.2 Å². The fraction of sp³-hybridized carbons (Fsp3) is 0.316. The summed E-state index contributed by atoms with van der Waals surface area (Å²) in [7, 11) is 1.91. The molecule has 0 aliphatic heterocycles. The van der Waals surface area contributed by atoms with Crippen molar-refractivity contribution in [1.82, 2.24) is 15.3 Å². The fourth-order valence-electron chi connectivity index (χ4n) is 2.79. The van der Waals surface area contributed by atoms with Crippen LogP contribution in [0.1, 0.15) is 18.4 Å². The summed E-state index contributed by atoms with van der Waals surface area (Å²) in [6, 6.07) is 5.88. The summed E-state index contributed by atoms with van der Waals surface area (Å²) in [6.07, 6.45) is 4.90. The van der Waals surface area contributed by atoms with Crippen molar-refractivity contribution >= 4 is 32.6 Å². The number of thiazole rings is 1. The molecule has 0 radical (unpaired) electrons. The van der Waals surface area contributed by atoms with Gasteiger partial charge in [0.05, 0.1) is 23.1 Å². The Hall–Kier alpha value is -2.54. The molecule has 5 nitrogen and oxygen atoms in total. The van der Waals surface area contributed by atoms with Crippen molar-refractivity contribution in [3.8, 4) is 11.1 Å². The smallest absolute Gasteiger partial charge is 0.224 e. The van der Waals surface area contributed by atoms with E-state index in [1.807, 2.05) is 30.1 Å². The van der Waals surface area contributed by atoms with E-state index >= 15 is 0 Å². The van der Waals surface area contributed by atoms with Gasteiger partial charge in [-0.15, -0.1) is 0 Å². The molecule has 1 amide bonds. The molecule has 1 N–H and O–H groups in total. The number of anilines is 1. The van der Waals surface area contributed by atoms with Crippen molar-refractivity contribution in [2.75, 3.05) is 18.6 Å². The molecule has 2 heterocycles. The molecular weight excluding hydrogens is 351 g/mol. The molecule has 1 aliphatic rings. The minimum Gasteiger partial charge on any atom is -0.338 e. The third kappa shape index (κ3) is 3.26. The third-order valence-corrected chi connectivity index (χ3v) is 5.74. The molecule has 0 unspecified atom stereocenters. The van der Waals surface area contributed by atoms with Gasteiger partial charge in [-0.05, 0) is 43.0 Å². The molecular formula is C19H19FN4OS. The third-order valence-electron chi connectivity index (χ3n) is 4.61. The van der Waals surface area contributed by atoms with Gasteiger partial charge in [0.25, 0.3) is 0 Å². The lowest BCUT2D eigenvalue weighted by molar-refractivity contribution is -0.122. The van der Waals surface area contributed by atoms with E-state index in [1.54, 1.807) is 24.5 Å². The fourth-order valence-corrected chi connectivity index (χ4v) is 3.75. The van der Waals surface area contributed by atoms with Gasteiger partial charge >= 0.3 is 0 Å². The number of rotatable bonds is 5. The zero-order chi connectivity index (χ0) is 18.3. The zero-order valence-electron chi connectivity index (χ0n) is 14.6. The molecule has 0 saturated heterocycles. The second kappa shape index (κ2) is 6.64. The largest absolute Gasteiger partial charge is 0.338 e. The standard InChI is InChI=1S/C19H19FN4OS/c1-11-14(8-21-9-15(11)20)13-5-6-16-17(7-13)26-19(23-16)24(2)10-22-18(25)12-3-4-12/h5-9,12H,3-4,10H2,1-2H3,(H,22,25). The Balaban J connectivity index is 1.57. The summed E-state index contributed by atoms with van der Waals surface area (Å²) in [6.45, 7) is 2.19. The van der Waals surface area contributed by atoms with Gasteiger partial charge in [0.2, 0.25) is 5.91 Å². The number of carbonyl (C=O) groups is 1. The highest BCUT2D eigenvalue weighted by Gasteiger charge is 2.29. The van der Waals surface area contributed by atoms with E-state index in [0.29, 0.717) is 12.2 Å². The highest BCUT2D eigenvalue weighted by Crippen LogP contribution is 2.33. The van der Waals surface area contributed by atoms with E-state index in [-0.39, 0.29) is 17.6 Å². The molecule has 4 rings (SSSR count). The minimum atomic E-state index is -0.307. The predicted molar refractivity (Wildman–Crippen MR) is 102 cm³/mol. The van der Waals surface area contributed by atoms with Crippen LogP contribution in [0.25, 0.3) is 21.3 Å². The Bertz CT molecular complexity index is 983. The average Bonchev–Trinajstić information content (AvgIpc) is 3.40. The monoisotopic (exact) mass is 370 g/mol. The highest BCUT2D eigenvalue weighted by molar-refractivity contribution is 7.22. The van der Waals surface area contributed by atoms with Crippen molar-refractivity contribution < 1.29 is 9.18 Å². The molecule has 0 atom stereocenters. The summed E-state index contributed by atoms with van der Waals surface area (Å²) in [4.78, 5) is 22.3. The molecule has 26 heavy (non-hydrogen) atoms. The maximum absolute atomic E-state index is 13.8. The second-order valence-corrected chi connectivity index (χ2v) is 7.65. The zero-order valence-corrected chi connectivity index (χ0v) is 15.4. The maximum atomic E-state index is 13.8. The molecule has 0 spiro atoms. The van der Waals surface area contributed by atoms with Crippen LogP contribution in [-0.2, 0) is 4.79 Å². The second-order valence-electron chi connectivity index (χ2n) is 6.64. The number of aromatic nitrogens is 2. The molecule has 1 fully saturated rings. The van der Waals surface area contributed by atoms with E-state index in [9.17, 15) is 9.18 Å². The number of carbonyl (C=O) groups excluding carboxylic acids is 1. The Morgan fingerprint density at radius 1 is 1.38 bits per heavy atom. The summed E-state index contributed by atoms with van der Waals surface area (Å²) in [5, 5.41) is 3.78. The lowest BCUT2D eigenvalue weighted by atomic mass is 10.0. The first kappa shape index (κ1) is 16.9. The summed E-state index contributed by atoms with van der Waals surface area (Å²) >= 11 is 1.55. The van der Waals surface area contributed by atoms with Gasteiger partial charge in [0, 0.05) is 24.7 Å². The minimum absolute atomic E-state index is 0.120. The first-order valence-corrected chi connectivity index (χ1v) is 9.34. The van der Waals surface area contributed by atoms with Crippen LogP contribution >= 0.6 is 11.3 Å². The Kier molecular flexibility index (Phi) is 4.32. The van der Waals surface area contributed by atoms with Gasteiger partial charge in [-0.25, -0.2) is 9.37 Å². The summed E-state index contributed by atoms with van der Waals surface area (Å²) in [5.41, 5.74) is 3.17. The Morgan fingerprint density at radius 2 is 2.19 bits per heavy atom. The van der Waals surface area contributed by atoms with Crippen molar-refractivity contribution in [2.24, 2.45) is 5.92 Å². The lowest BCUT2D eigenvalue weighted by Crippen LogP contribution is -2.36. The van der Waals surface area contributed by atoms with Crippen molar-refractivity contribution in [3.05, 3.63) is 42.0 Å². The number of benzene rings is 1.